The minimum absolute atomic E-state index is 0.271. The third-order valence-electron chi connectivity index (χ3n) is 7.36. The minimum atomic E-state index is 0.271. The third-order valence-corrected chi connectivity index (χ3v) is 7.63. The van der Waals surface area contributed by atoms with Gasteiger partial charge in [0.15, 0.2) is 5.82 Å². The fourth-order valence-corrected chi connectivity index (χ4v) is 5.36. The van der Waals surface area contributed by atoms with Crippen LogP contribution in [0.2, 0.25) is 5.02 Å². The highest BCUT2D eigenvalue weighted by atomic mass is 35.5. The van der Waals surface area contributed by atoms with E-state index in [2.05, 4.69) is 63.2 Å². The average molecular weight is 516 g/mol. The Labute approximate surface area is 221 Å². The zero-order valence-corrected chi connectivity index (χ0v) is 22.2. The van der Waals surface area contributed by atoms with Crippen molar-refractivity contribution in [1.82, 2.24) is 24.7 Å². The second-order valence-corrected chi connectivity index (χ2v) is 9.94. The number of pyridine rings is 1. The number of hydrogen-bond donors (Lipinski definition) is 1. The Balaban J connectivity index is 1.33. The van der Waals surface area contributed by atoms with E-state index < -0.39 is 0 Å². The first-order valence-electron chi connectivity index (χ1n) is 12.4. The molecule has 0 aliphatic carbocycles. The molecule has 0 spiro atoms. The zero-order valence-electron chi connectivity index (χ0n) is 21.5. The second-order valence-electron chi connectivity index (χ2n) is 9.53. The van der Waals surface area contributed by atoms with Gasteiger partial charge in [0, 0.05) is 56.2 Å². The first kappa shape index (κ1) is 24.8. The molecule has 4 aromatic rings. The Kier molecular flexibility index (Phi) is 6.85. The number of hydrogen-bond acceptors (Lipinski definition) is 8. The van der Waals surface area contributed by atoms with Gasteiger partial charge in [-0.15, -0.1) is 0 Å². The SMILES string of the molecule is CCC1CN(c2ccc(C#N)cn2)CCC1N(C)c1nc(Nc2ccc3c(C)n(C)nc3c2)ncc1Cl. The number of halogens is 1. The van der Waals surface area contributed by atoms with Crippen LogP contribution < -0.4 is 15.1 Å². The molecule has 37 heavy (non-hydrogen) atoms. The van der Waals surface area contributed by atoms with E-state index in [1.807, 2.05) is 36.0 Å². The van der Waals surface area contributed by atoms with Gasteiger partial charge >= 0.3 is 0 Å². The van der Waals surface area contributed by atoms with Crippen LogP contribution in [0.25, 0.3) is 10.9 Å². The van der Waals surface area contributed by atoms with E-state index in [0.29, 0.717) is 28.3 Å². The quantitative estimate of drug-likeness (QED) is 0.379. The molecule has 5 rings (SSSR count). The minimum Gasteiger partial charge on any atom is -0.356 e. The van der Waals surface area contributed by atoms with Crippen LogP contribution in [0.3, 0.4) is 0 Å². The van der Waals surface area contributed by atoms with Crippen molar-refractivity contribution >= 4 is 45.8 Å². The number of benzene rings is 1. The average Bonchev–Trinajstić information content (AvgIpc) is 3.21. The van der Waals surface area contributed by atoms with Crippen molar-refractivity contribution in [2.24, 2.45) is 13.0 Å². The van der Waals surface area contributed by atoms with Crippen molar-refractivity contribution in [3.8, 4) is 6.07 Å². The highest BCUT2D eigenvalue weighted by Crippen LogP contribution is 2.33. The van der Waals surface area contributed by atoms with Crippen LogP contribution in [0.1, 0.15) is 31.0 Å². The Morgan fingerprint density at radius 1 is 1.22 bits per heavy atom. The van der Waals surface area contributed by atoms with Crippen LogP contribution in [-0.2, 0) is 7.05 Å². The lowest BCUT2D eigenvalue weighted by Gasteiger charge is -2.43. The molecular weight excluding hydrogens is 486 g/mol. The smallest absolute Gasteiger partial charge is 0.229 e. The standard InChI is InChI=1S/C27H30ClN9/c1-5-19-16-37(25-9-6-18(13-29)14-30-25)11-10-24(19)35(3)26-22(28)15-31-27(33-26)32-20-7-8-21-17(2)36(4)34-23(21)12-20/h6-9,12,14-15,19,24H,5,10-11,16H2,1-4H3,(H,31,32,33). The summed E-state index contributed by atoms with van der Waals surface area (Å²) >= 11 is 6.60. The number of nitrogens with one attached hydrogen (secondary N) is 1. The van der Waals surface area contributed by atoms with Gasteiger partial charge in [-0.2, -0.15) is 15.3 Å². The summed E-state index contributed by atoms with van der Waals surface area (Å²) in [6.07, 6.45) is 5.24. The normalized spacial score (nSPS) is 17.6. The van der Waals surface area contributed by atoms with Gasteiger partial charge < -0.3 is 15.1 Å². The predicted octanol–water partition coefficient (Wildman–Crippen LogP) is 5.08. The Morgan fingerprint density at radius 3 is 2.78 bits per heavy atom. The Hall–Kier alpha value is -3.90. The lowest BCUT2D eigenvalue weighted by atomic mass is 9.88. The number of piperidine rings is 1. The highest BCUT2D eigenvalue weighted by molar-refractivity contribution is 6.32. The molecule has 1 N–H and O–H groups in total. The van der Waals surface area contributed by atoms with Crippen LogP contribution in [-0.4, -0.2) is 50.9 Å². The molecule has 1 aliphatic rings. The number of aromatic nitrogens is 5. The van der Waals surface area contributed by atoms with Gasteiger partial charge in [-0.3, -0.25) is 4.68 Å². The maximum absolute atomic E-state index is 9.06. The molecule has 0 saturated carbocycles. The van der Waals surface area contributed by atoms with Gasteiger partial charge in [0.1, 0.15) is 16.9 Å². The molecular formula is C27H30ClN9. The van der Waals surface area contributed by atoms with Crippen LogP contribution >= 0.6 is 11.6 Å². The summed E-state index contributed by atoms with van der Waals surface area (Å²) in [6, 6.07) is 12.2. The third kappa shape index (κ3) is 4.89. The molecule has 1 saturated heterocycles. The van der Waals surface area contributed by atoms with Gasteiger partial charge in [0.25, 0.3) is 0 Å². The fraction of sp³-hybridized carbons (Fsp3) is 0.370. The zero-order chi connectivity index (χ0) is 26.1. The van der Waals surface area contributed by atoms with Crippen LogP contribution in [0.4, 0.5) is 23.3 Å². The Morgan fingerprint density at radius 2 is 2.05 bits per heavy atom. The monoisotopic (exact) mass is 515 g/mol. The lowest BCUT2D eigenvalue weighted by molar-refractivity contribution is 0.335. The molecule has 2 atom stereocenters. The first-order chi connectivity index (χ1) is 17.9. The topological polar surface area (TPSA) is 98.8 Å². The molecule has 4 heterocycles. The molecule has 0 bridgehead atoms. The summed E-state index contributed by atoms with van der Waals surface area (Å²) < 4.78 is 1.88. The number of fused-ring (bicyclic) bond motifs is 1. The molecule has 1 aliphatic heterocycles. The van der Waals surface area contributed by atoms with E-state index in [1.54, 1.807) is 12.4 Å². The van der Waals surface area contributed by atoms with Gasteiger partial charge in [-0.05, 0) is 56.0 Å². The molecule has 0 radical (unpaired) electrons. The van der Waals surface area contributed by atoms with E-state index in [-0.39, 0.29) is 6.04 Å². The maximum atomic E-state index is 9.06. The largest absolute Gasteiger partial charge is 0.356 e. The molecule has 3 aromatic heterocycles. The maximum Gasteiger partial charge on any atom is 0.229 e. The second kappa shape index (κ2) is 10.2. The van der Waals surface area contributed by atoms with Crippen molar-refractivity contribution in [2.45, 2.75) is 32.7 Å². The van der Waals surface area contributed by atoms with Crippen molar-refractivity contribution in [3.05, 3.63) is 59.0 Å². The van der Waals surface area contributed by atoms with E-state index in [0.717, 1.165) is 54.0 Å². The molecule has 0 amide bonds. The van der Waals surface area contributed by atoms with E-state index >= 15 is 0 Å². The number of nitrogens with zero attached hydrogens (tertiary/aromatic N) is 8. The fourth-order valence-electron chi connectivity index (χ4n) is 5.14. The van der Waals surface area contributed by atoms with E-state index in [4.69, 9.17) is 21.8 Å². The molecule has 1 fully saturated rings. The molecule has 10 heteroatoms. The first-order valence-corrected chi connectivity index (χ1v) is 12.8. The summed E-state index contributed by atoms with van der Waals surface area (Å²) in [7, 11) is 4.01. The van der Waals surface area contributed by atoms with Gasteiger partial charge in [-0.1, -0.05) is 18.5 Å². The number of anilines is 4. The van der Waals surface area contributed by atoms with Crippen molar-refractivity contribution in [2.75, 3.05) is 35.3 Å². The number of aryl methyl sites for hydroxylation is 2. The summed E-state index contributed by atoms with van der Waals surface area (Å²) in [4.78, 5) is 18.2. The number of nitriles is 1. The van der Waals surface area contributed by atoms with Crippen molar-refractivity contribution < 1.29 is 0 Å². The van der Waals surface area contributed by atoms with Gasteiger partial charge in [0.05, 0.1) is 17.3 Å². The summed E-state index contributed by atoms with van der Waals surface area (Å²) in [6.45, 7) is 6.01. The lowest BCUT2D eigenvalue weighted by Crippen LogP contribution is -2.50. The Bertz CT molecular complexity index is 1460. The summed E-state index contributed by atoms with van der Waals surface area (Å²) in [5.74, 6) is 2.51. The van der Waals surface area contributed by atoms with Crippen LogP contribution in [0.15, 0.2) is 42.7 Å². The van der Waals surface area contributed by atoms with Crippen LogP contribution in [0, 0.1) is 24.2 Å². The van der Waals surface area contributed by atoms with Crippen molar-refractivity contribution in [3.63, 3.8) is 0 Å². The highest BCUT2D eigenvalue weighted by Gasteiger charge is 2.33. The predicted molar refractivity (Wildman–Crippen MR) is 148 cm³/mol. The molecule has 2 unspecified atom stereocenters. The van der Waals surface area contributed by atoms with E-state index in [9.17, 15) is 0 Å². The number of rotatable bonds is 6. The van der Waals surface area contributed by atoms with Crippen LogP contribution in [0.5, 0.6) is 0 Å². The van der Waals surface area contributed by atoms with Gasteiger partial charge in [-0.25, -0.2) is 9.97 Å². The summed E-state index contributed by atoms with van der Waals surface area (Å²) in [5, 5.41) is 18.6. The molecule has 1 aromatic carbocycles. The molecule has 190 valence electrons. The summed E-state index contributed by atoms with van der Waals surface area (Å²) in [5.41, 5.74) is 3.49. The van der Waals surface area contributed by atoms with Crippen molar-refractivity contribution in [1.29, 1.82) is 5.26 Å². The van der Waals surface area contributed by atoms with Gasteiger partial charge in [0.2, 0.25) is 5.95 Å². The molecule has 9 nitrogen and oxygen atoms in total. The van der Waals surface area contributed by atoms with E-state index in [1.165, 1.54) is 0 Å².